The molecule has 18 heavy (non-hydrogen) atoms. The summed E-state index contributed by atoms with van der Waals surface area (Å²) in [5.41, 5.74) is 1.68. The highest BCUT2D eigenvalue weighted by atomic mass is 19.4. The summed E-state index contributed by atoms with van der Waals surface area (Å²) in [6.07, 6.45) is -4.97. The van der Waals surface area contributed by atoms with E-state index in [1.54, 1.807) is 12.1 Å². The fourth-order valence-electron chi connectivity index (χ4n) is 2.08. The van der Waals surface area contributed by atoms with E-state index in [0.717, 1.165) is 17.7 Å². The van der Waals surface area contributed by atoms with E-state index < -0.39 is 18.7 Å². The van der Waals surface area contributed by atoms with Crippen molar-refractivity contribution >= 4 is 0 Å². The minimum absolute atomic E-state index is 0.0573. The Morgan fingerprint density at radius 3 is 2.83 bits per heavy atom. The largest absolute Gasteiger partial charge is 0.493 e. The van der Waals surface area contributed by atoms with E-state index in [1.165, 1.54) is 0 Å². The second-order valence-electron chi connectivity index (χ2n) is 4.49. The van der Waals surface area contributed by atoms with Gasteiger partial charge in [-0.05, 0) is 36.1 Å². The lowest BCUT2D eigenvalue weighted by Crippen LogP contribution is -2.08. The minimum atomic E-state index is -4.15. The van der Waals surface area contributed by atoms with Gasteiger partial charge >= 0.3 is 6.18 Å². The third kappa shape index (κ3) is 3.38. The molecule has 0 aliphatic carbocycles. The van der Waals surface area contributed by atoms with Gasteiger partial charge in [-0.25, -0.2) is 0 Å². The molecule has 5 heteroatoms. The molecule has 1 N–H and O–H groups in total. The lowest BCUT2D eigenvalue weighted by Gasteiger charge is -2.13. The van der Waals surface area contributed by atoms with Crippen molar-refractivity contribution in [1.29, 1.82) is 0 Å². The van der Waals surface area contributed by atoms with Gasteiger partial charge in [-0.15, -0.1) is 0 Å². The van der Waals surface area contributed by atoms with Crippen LogP contribution in [0.15, 0.2) is 18.2 Å². The molecule has 1 atom stereocenters. The summed E-state index contributed by atoms with van der Waals surface area (Å²) in [6.45, 7) is 0.628. The topological polar surface area (TPSA) is 29.5 Å². The van der Waals surface area contributed by atoms with Gasteiger partial charge in [0.1, 0.15) is 5.75 Å². The molecule has 0 aromatic heterocycles. The van der Waals surface area contributed by atoms with Gasteiger partial charge in [0.2, 0.25) is 0 Å². The zero-order chi connectivity index (χ0) is 13.2. The molecule has 0 radical (unpaired) electrons. The van der Waals surface area contributed by atoms with Crippen LogP contribution in [0.5, 0.6) is 5.75 Å². The smallest absolute Gasteiger partial charge is 0.389 e. The maximum Gasteiger partial charge on any atom is 0.389 e. The van der Waals surface area contributed by atoms with E-state index in [9.17, 15) is 18.3 Å². The number of aliphatic hydroxyl groups is 1. The van der Waals surface area contributed by atoms with Gasteiger partial charge in [0.15, 0.2) is 0 Å². The predicted octanol–water partition coefficient (Wildman–Crippen LogP) is 3.39. The molecular formula is C13H15F3O2. The zero-order valence-corrected chi connectivity index (χ0v) is 9.83. The van der Waals surface area contributed by atoms with E-state index in [0.29, 0.717) is 12.2 Å². The molecular weight excluding hydrogens is 245 g/mol. The van der Waals surface area contributed by atoms with E-state index in [2.05, 4.69) is 0 Å². The lowest BCUT2D eigenvalue weighted by atomic mass is 10.0. The van der Waals surface area contributed by atoms with E-state index in [-0.39, 0.29) is 12.8 Å². The van der Waals surface area contributed by atoms with Crippen LogP contribution in [0, 0.1) is 0 Å². The van der Waals surface area contributed by atoms with Crippen molar-refractivity contribution in [2.75, 3.05) is 6.61 Å². The van der Waals surface area contributed by atoms with Crippen LogP contribution in [-0.4, -0.2) is 17.9 Å². The maximum atomic E-state index is 12.0. The molecule has 1 aromatic carbocycles. The van der Waals surface area contributed by atoms with Crippen LogP contribution in [0.25, 0.3) is 0 Å². The number of alkyl halides is 3. The maximum absolute atomic E-state index is 12.0. The van der Waals surface area contributed by atoms with Crippen molar-refractivity contribution in [3.8, 4) is 5.75 Å². The molecule has 1 aromatic rings. The van der Waals surface area contributed by atoms with Crippen molar-refractivity contribution in [1.82, 2.24) is 0 Å². The van der Waals surface area contributed by atoms with Gasteiger partial charge in [0, 0.05) is 12.8 Å². The summed E-state index contributed by atoms with van der Waals surface area (Å²) in [7, 11) is 0. The molecule has 0 saturated heterocycles. The molecule has 100 valence electrons. The Morgan fingerprint density at radius 1 is 1.33 bits per heavy atom. The molecule has 0 fully saturated rings. The Morgan fingerprint density at radius 2 is 2.11 bits per heavy atom. The second kappa shape index (κ2) is 5.18. The van der Waals surface area contributed by atoms with Gasteiger partial charge in [0.25, 0.3) is 0 Å². The first kappa shape index (κ1) is 13.2. The Hall–Kier alpha value is -1.23. The summed E-state index contributed by atoms with van der Waals surface area (Å²) in [4.78, 5) is 0. The number of aliphatic hydroxyl groups excluding tert-OH is 1. The Balaban J connectivity index is 1.91. The number of fused-ring (bicyclic) bond motifs is 1. The highest BCUT2D eigenvalue weighted by Gasteiger charge is 2.26. The highest BCUT2D eigenvalue weighted by Crippen LogP contribution is 2.31. The second-order valence-corrected chi connectivity index (χ2v) is 4.49. The quantitative estimate of drug-likeness (QED) is 0.899. The first-order chi connectivity index (χ1) is 8.46. The first-order valence-electron chi connectivity index (χ1n) is 5.96. The standard InChI is InChI=1S/C13H15F3O2/c14-13(15,16)6-1-2-11(17)9-3-4-12-10(8-9)5-7-18-12/h3-4,8,11,17H,1-2,5-7H2. The Kier molecular flexibility index (Phi) is 3.80. The normalized spacial score (nSPS) is 16.2. The van der Waals surface area contributed by atoms with E-state index in [1.807, 2.05) is 6.07 Å². The summed E-state index contributed by atoms with van der Waals surface area (Å²) < 4.78 is 41.3. The van der Waals surface area contributed by atoms with Gasteiger partial charge in [-0.1, -0.05) is 6.07 Å². The third-order valence-corrected chi connectivity index (χ3v) is 3.04. The average molecular weight is 260 g/mol. The van der Waals surface area contributed by atoms with E-state index in [4.69, 9.17) is 4.74 Å². The van der Waals surface area contributed by atoms with Crippen molar-refractivity contribution in [2.45, 2.75) is 38.0 Å². The fraction of sp³-hybridized carbons (Fsp3) is 0.538. The molecule has 2 rings (SSSR count). The molecule has 1 aliphatic heterocycles. The van der Waals surface area contributed by atoms with Crippen LogP contribution < -0.4 is 4.74 Å². The molecule has 1 heterocycles. The fourth-order valence-corrected chi connectivity index (χ4v) is 2.08. The van der Waals surface area contributed by atoms with Crippen LogP contribution in [0.3, 0.4) is 0 Å². The number of hydrogen-bond donors (Lipinski definition) is 1. The lowest BCUT2D eigenvalue weighted by molar-refractivity contribution is -0.136. The monoisotopic (exact) mass is 260 g/mol. The van der Waals surface area contributed by atoms with Gasteiger partial charge < -0.3 is 9.84 Å². The summed E-state index contributed by atoms with van der Waals surface area (Å²) in [5.74, 6) is 0.807. The number of halogens is 3. The third-order valence-electron chi connectivity index (χ3n) is 3.04. The number of rotatable bonds is 4. The zero-order valence-electron chi connectivity index (χ0n) is 9.83. The van der Waals surface area contributed by atoms with E-state index >= 15 is 0 Å². The van der Waals surface area contributed by atoms with Gasteiger partial charge in [-0.3, -0.25) is 0 Å². The predicted molar refractivity (Wildman–Crippen MR) is 60.5 cm³/mol. The van der Waals surface area contributed by atoms with Gasteiger partial charge in [-0.2, -0.15) is 13.2 Å². The minimum Gasteiger partial charge on any atom is -0.493 e. The Labute approximate surface area is 103 Å². The van der Waals surface area contributed by atoms with Crippen LogP contribution in [0.2, 0.25) is 0 Å². The SMILES string of the molecule is OC(CCCC(F)(F)F)c1ccc2c(c1)CCO2. The van der Waals surface area contributed by atoms with Crippen LogP contribution in [0.4, 0.5) is 13.2 Å². The van der Waals surface area contributed by atoms with Crippen molar-refractivity contribution in [2.24, 2.45) is 0 Å². The average Bonchev–Trinajstić information content (AvgIpc) is 2.73. The summed E-state index contributed by atoms with van der Waals surface area (Å²) >= 11 is 0. The van der Waals surface area contributed by atoms with Gasteiger partial charge in [0.05, 0.1) is 12.7 Å². The highest BCUT2D eigenvalue weighted by molar-refractivity contribution is 5.40. The van der Waals surface area contributed by atoms with Crippen molar-refractivity contribution in [3.63, 3.8) is 0 Å². The molecule has 0 spiro atoms. The first-order valence-corrected chi connectivity index (χ1v) is 5.96. The number of ether oxygens (including phenoxy) is 1. The number of benzene rings is 1. The summed E-state index contributed by atoms with van der Waals surface area (Å²) in [5, 5.41) is 9.84. The van der Waals surface area contributed by atoms with Crippen LogP contribution in [0.1, 0.15) is 36.5 Å². The molecule has 1 aliphatic rings. The summed E-state index contributed by atoms with van der Waals surface area (Å²) in [6, 6.07) is 5.30. The molecule has 0 bridgehead atoms. The molecule has 1 unspecified atom stereocenters. The molecule has 0 amide bonds. The van der Waals surface area contributed by atoms with Crippen LogP contribution in [-0.2, 0) is 6.42 Å². The van der Waals surface area contributed by atoms with Crippen LogP contribution >= 0.6 is 0 Å². The van der Waals surface area contributed by atoms with Crippen molar-refractivity contribution in [3.05, 3.63) is 29.3 Å². The number of hydrogen-bond acceptors (Lipinski definition) is 2. The molecule has 2 nitrogen and oxygen atoms in total. The Bertz CT molecular complexity index is 415. The van der Waals surface area contributed by atoms with Crippen molar-refractivity contribution < 1.29 is 23.0 Å². The molecule has 0 saturated carbocycles.